The first-order valence-electron chi connectivity index (χ1n) is 8.84. The Kier molecular flexibility index (Phi) is 6.31. The average molecular weight is 385 g/mol. The molecule has 1 aromatic carbocycles. The molecule has 28 heavy (non-hydrogen) atoms. The van der Waals surface area contributed by atoms with Crippen molar-refractivity contribution >= 4 is 12.0 Å². The van der Waals surface area contributed by atoms with Gasteiger partial charge in [0.25, 0.3) is 0 Å². The molecule has 0 spiro atoms. The molecule has 0 aliphatic carbocycles. The number of hydrogen-bond donors (Lipinski definition) is 0. The van der Waals surface area contributed by atoms with Gasteiger partial charge < -0.3 is 23.8 Å². The standard InChI is InChI=1S/C20H23N3O5/c1-25-16-6-4-14(10-17(16)26-2)5-7-20(24)23-9-8-15(13-23)28-19-12-21-11-18(22-19)27-3/h4-7,10-12,15H,8-9,13H2,1-3H3/b7-5+. The number of methoxy groups -OCH3 is 3. The van der Waals surface area contributed by atoms with E-state index in [4.69, 9.17) is 18.9 Å². The number of benzene rings is 1. The van der Waals surface area contributed by atoms with Gasteiger partial charge in [0.05, 0.1) is 40.3 Å². The van der Waals surface area contributed by atoms with Crippen molar-refractivity contribution in [1.29, 1.82) is 0 Å². The second kappa shape index (κ2) is 9.07. The highest BCUT2D eigenvalue weighted by Crippen LogP contribution is 2.28. The Morgan fingerprint density at radius 3 is 2.64 bits per heavy atom. The van der Waals surface area contributed by atoms with Gasteiger partial charge in [-0.3, -0.25) is 9.78 Å². The van der Waals surface area contributed by atoms with Crippen LogP contribution < -0.4 is 18.9 Å². The molecule has 0 saturated carbocycles. The molecule has 1 atom stereocenters. The molecule has 0 radical (unpaired) electrons. The lowest BCUT2D eigenvalue weighted by atomic mass is 10.2. The van der Waals surface area contributed by atoms with E-state index in [0.717, 1.165) is 12.0 Å². The smallest absolute Gasteiger partial charge is 0.246 e. The summed E-state index contributed by atoms with van der Waals surface area (Å²) in [4.78, 5) is 22.4. The fourth-order valence-electron chi connectivity index (χ4n) is 2.91. The number of likely N-dealkylation sites (tertiary alicyclic amines) is 1. The number of nitrogens with zero attached hydrogens (tertiary/aromatic N) is 3. The van der Waals surface area contributed by atoms with Crippen LogP contribution in [0.25, 0.3) is 6.08 Å². The molecule has 0 N–H and O–H groups in total. The predicted octanol–water partition coefficient (Wildman–Crippen LogP) is 2.20. The molecule has 0 bridgehead atoms. The minimum Gasteiger partial charge on any atom is -0.493 e. The second-order valence-corrected chi connectivity index (χ2v) is 6.16. The molecule has 1 aliphatic rings. The van der Waals surface area contributed by atoms with Crippen molar-refractivity contribution in [3.8, 4) is 23.3 Å². The van der Waals surface area contributed by atoms with Gasteiger partial charge in [0.2, 0.25) is 17.7 Å². The first-order valence-corrected chi connectivity index (χ1v) is 8.84. The fourth-order valence-corrected chi connectivity index (χ4v) is 2.91. The van der Waals surface area contributed by atoms with E-state index in [1.807, 2.05) is 12.1 Å². The van der Waals surface area contributed by atoms with Gasteiger partial charge in [-0.05, 0) is 23.8 Å². The van der Waals surface area contributed by atoms with E-state index >= 15 is 0 Å². The van der Waals surface area contributed by atoms with Gasteiger partial charge in [-0.2, -0.15) is 4.98 Å². The molecule has 1 aromatic heterocycles. The molecule has 2 heterocycles. The number of amides is 1. The van der Waals surface area contributed by atoms with Gasteiger partial charge in [0.15, 0.2) is 11.5 Å². The maximum Gasteiger partial charge on any atom is 0.246 e. The van der Waals surface area contributed by atoms with Crippen LogP contribution in [0.3, 0.4) is 0 Å². The van der Waals surface area contributed by atoms with Crippen molar-refractivity contribution in [2.24, 2.45) is 0 Å². The van der Waals surface area contributed by atoms with Crippen molar-refractivity contribution < 1.29 is 23.7 Å². The Morgan fingerprint density at radius 2 is 1.89 bits per heavy atom. The topological polar surface area (TPSA) is 83.0 Å². The highest BCUT2D eigenvalue weighted by Gasteiger charge is 2.27. The van der Waals surface area contributed by atoms with Crippen LogP contribution in [0.15, 0.2) is 36.7 Å². The zero-order valence-electron chi connectivity index (χ0n) is 16.1. The zero-order chi connectivity index (χ0) is 19.9. The zero-order valence-corrected chi connectivity index (χ0v) is 16.1. The summed E-state index contributed by atoms with van der Waals surface area (Å²) in [5.41, 5.74) is 0.852. The van der Waals surface area contributed by atoms with Crippen molar-refractivity contribution in [1.82, 2.24) is 14.9 Å². The highest BCUT2D eigenvalue weighted by molar-refractivity contribution is 5.92. The maximum atomic E-state index is 12.5. The summed E-state index contributed by atoms with van der Waals surface area (Å²) in [5, 5.41) is 0. The summed E-state index contributed by atoms with van der Waals surface area (Å²) < 4.78 is 21.4. The van der Waals surface area contributed by atoms with Crippen molar-refractivity contribution in [3.63, 3.8) is 0 Å². The summed E-state index contributed by atoms with van der Waals surface area (Å²) in [5.74, 6) is 1.97. The van der Waals surface area contributed by atoms with E-state index in [2.05, 4.69) is 9.97 Å². The summed E-state index contributed by atoms with van der Waals surface area (Å²) in [6.07, 6.45) is 6.95. The summed E-state index contributed by atoms with van der Waals surface area (Å²) in [7, 11) is 4.68. The summed E-state index contributed by atoms with van der Waals surface area (Å²) in [6.45, 7) is 1.12. The monoisotopic (exact) mass is 385 g/mol. The third-order valence-corrected chi connectivity index (χ3v) is 4.37. The van der Waals surface area contributed by atoms with Crippen LogP contribution in [0.1, 0.15) is 12.0 Å². The average Bonchev–Trinajstić information content (AvgIpc) is 3.20. The highest BCUT2D eigenvalue weighted by atomic mass is 16.5. The normalized spacial score (nSPS) is 16.2. The lowest BCUT2D eigenvalue weighted by molar-refractivity contribution is -0.125. The molecular formula is C20H23N3O5. The Hall–Kier alpha value is -3.29. The van der Waals surface area contributed by atoms with E-state index < -0.39 is 0 Å². The Bertz CT molecular complexity index is 855. The summed E-state index contributed by atoms with van der Waals surface area (Å²) >= 11 is 0. The first-order chi connectivity index (χ1) is 13.6. The lowest BCUT2D eigenvalue weighted by Gasteiger charge is -2.15. The quantitative estimate of drug-likeness (QED) is 0.676. The second-order valence-electron chi connectivity index (χ2n) is 6.16. The minimum atomic E-state index is -0.125. The number of ether oxygens (including phenoxy) is 4. The van der Waals surface area contributed by atoms with Crippen molar-refractivity contribution in [2.45, 2.75) is 12.5 Å². The summed E-state index contributed by atoms with van der Waals surface area (Å²) in [6, 6.07) is 5.49. The molecule has 1 unspecified atom stereocenters. The molecule has 1 fully saturated rings. The van der Waals surface area contributed by atoms with Crippen LogP contribution in [0, 0.1) is 0 Å². The van der Waals surface area contributed by atoms with E-state index in [9.17, 15) is 4.79 Å². The van der Waals surface area contributed by atoms with Gasteiger partial charge in [0, 0.05) is 19.0 Å². The number of rotatable bonds is 7. The van der Waals surface area contributed by atoms with E-state index in [1.165, 1.54) is 19.5 Å². The van der Waals surface area contributed by atoms with Crippen LogP contribution in [0.4, 0.5) is 0 Å². The maximum absolute atomic E-state index is 12.5. The minimum absolute atomic E-state index is 0.0717. The van der Waals surface area contributed by atoms with Crippen LogP contribution >= 0.6 is 0 Å². The van der Waals surface area contributed by atoms with Gasteiger partial charge in [-0.15, -0.1) is 0 Å². The first kappa shape index (κ1) is 19.5. The number of carbonyl (C=O) groups is 1. The number of hydrogen-bond acceptors (Lipinski definition) is 7. The van der Waals surface area contributed by atoms with Crippen LogP contribution in [-0.2, 0) is 4.79 Å². The molecule has 148 valence electrons. The molecule has 1 amide bonds. The van der Waals surface area contributed by atoms with Gasteiger partial charge in [-0.25, -0.2) is 0 Å². The largest absolute Gasteiger partial charge is 0.493 e. The third-order valence-electron chi connectivity index (χ3n) is 4.37. The molecule has 3 rings (SSSR count). The van der Waals surface area contributed by atoms with Gasteiger partial charge in [0.1, 0.15) is 6.10 Å². The van der Waals surface area contributed by atoms with Crippen LogP contribution in [-0.4, -0.2) is 61.3 Å². The van der Waals surface area contributed by atoms with E-state index in [0.29, 0.717) is 36.3 Å². The van der Waals surface area contributed by atoms with E-state index in [1.54, 1.807) is 37.3 Å². The van der Waals surface area contributed by atoms with Gasteiger partial charge >= 0.3 is 0 Å². The molecule has 2 aromatic rings. The van der Waals surface area contributed by atoms with E-state index in [-0.39, 0.29) is 12.0 Å². The Morgan fingerprint density at radius 1 is 1.11 bits per heavy atom. The molecule has 8 heteroatoms. The number of carbonyl (C=O) groups excluding carboxylic acids is 1. The fraction of sp³-hybridized carbons (Fsp3) is 0.350. The van der Waals surface area contributed by atoms with Gasteiger partial charge in [-0.1, -0.05) is 6.07 Å². The SMILES string of the molecule is COc1cncc(OC2CCN(C(=O)/C=C/c3ccc(OC)c(OC)c3)C2)n1. The lowest BCUT2D eigenvalue weighted by Crippen LogP contribution is -2.29. The number of aromatic nitrogens is 2. The Labute approximate surface area is 163 Å². The third kappa shape index (κ3) is 4.70. The Balaban J connectivity index is 1.57. The van der Waals surface area contributed by atoms with Crippen LogP contribution in [0.2, 0.25) is 0 Å². The van der Waals surface area contributed by atoms with Crippen molar-refractivity contribution in [3.05, 3.63) is 42.2 Å². The molecular weight excluding hydrogens is 362 g/mol. The molecule has 1 saturated heterocycles. The van der Waals surface area contributed by atoms with Crippen LogP contribution in [0.5, 0.6) is 23.3 Å². The predicted molar refractivity (Wildman–Crippen MR) is 103 cm³/mol. The molecule has 1 aliphatic heterocycles. The van der Waals surface area contributed by atoms with Crippen molar-refractivity contribution in [2.75, 3.05) is 34.4 Å². The molecule has 8 nitrogen and oxygen atoms in total.